The molecule has 0 aliphatic carbocycles. The van der Waals surface area contributed by atoms with Gasteiger partial charge < -0.3 is 5.32 Å². The summed E-state index contributed by atoms with van der Waals surface area (Å²) in [6.45, 7) is 5.01. The summed E-state index contributed by atoms with van der Waals surface area (Å²) >= 11 is 13.3. The summed E-state index contributed by atoms with van der Waals surface area (Å²) in [4.78, 5) is 19.9. The number of carbonyl (C=O) groups is 1. The molecule has 1 aliphatic heterocycles. The number of aromatic nitrogens is 2. The zero-order valence-corrected chi connectivity index (χ0v) is 23.7. The quantitative estimate of drug-likeness (QED) is 0.235. The number of nitrogens with one attached hydrogen (secondary N) is 1. The number of benzene rings is 2. The summed E-state index contributed by atoms with van der Waals surface area (Å²) in [5.41, 5.74) is 6.55. The van der Waals surface area contributed by atoms with Gasteiger partial charge in [-0.3, -0.25) is 9.47 Å². The summed E-state index contributed by atoms with van der Waals surface area (Å²) < 4.78 is 3.72. The van der Waals surface area contributed by atoms with Gasteiger partial charge in [-0.1, -0.05) is 53.6 Å². The SMILES string of the molecule is Cc1ccc(/C=C/CN2CCc3c(c4cc(Br)c(Br)cc4n3C(=O)NCc3ccnc(Cl)c3)C2)cc1. The average molecular weight is 629 g/mol. The van der Waals surface area contributed by atoms with E-state index in [4.69, 9.17) is 11.6 Å². The van der Waals surface area contributed by atoms with E-state index < -0.39 is 0 Å². The third kappa shape index (κ3) is 5.44. The van der Waals surface area contributed by atoms with Gasteiger partial charge in [0.1, 0.15) is 5.15 Å². The molecule has 2 aromatic heterocycles. The average Bonchev–Trinajstić information content (AvgIpc) is 3.16. The number of amides is 1. The number of pyridine rings is 1. The van der Waals surface area contributed by atoms with Crippen LogP contribution in [0.1, 0.15) is 27.9 Å². The fraction of sp³-hybridized carbons (Fsp3) is 0.214. The third-order valence-corrected chi connectivity index (χ3v) is 8.51. The largest absolute Gasteiger partial charge is 0.333 e. The van der Waals surface area contributed by atoms with Crippen molar-refractivity contribution < 1.29 is 4.79 Å². The van der Waals surface area contributed by atoms with Crippen LogP contribution in [0.4, 0.5) is 4.79 Å². The van der Waals surface area contributed by atoms with Crippen LogP contribution in [0.2, 0.25) is 5.15 Å². The van der Waals surface area contributed by atoms with Gasteiger partial charge in [0.2, 0.25) is 0 Å². The molecule has 5 nitrogen and oxygen atoms in total. The number of hydrogen-bond donors (Lipinski definition) is 1. The van der Waals surface area contributed by atoms with Crippen LogP contribution in [-0.4, -0.2) is 33.6 Å². The second-order valence-electron chi connectivity index (χ2n) is 8.99. The maximum Gasteiger partial charge on any atom is 0.326 e. The van der Waals surface area contributed by atoms with E-state index in [2.05, 4.69) is 96.5 Å². The maximum atomic E-state index is 13.4. The number of nitrogens with zero attached hydrogens (tertiary/aromatic N) is 3. The van der Waals surface area contributed by atoms with Crippen molar-refractivity contribution in [2.75, 3.05) is 13.1 Å². The Hall–Kier alpha value is -2.45. The number of carbonyl (C=O) groups excluding carboxylic acids is 1. The summed E-state index contributed by atoms with van der Waals surface area (Å²) in [5.74, 6) is 0. The Labute approximate surface area is 232 Å². The first-order valence-electron chi connectivity index (χ1n) is 11.7. The van der Waals surface area contributed by atoms with Crippen LogP contribution in [0.3, 0.4) is 0 Å². The van der Waals surface area contributed by atoms with Crippen LogP contribution in [-0.2, 0) is 19.5 Å². The Morgan fingerprint density at radius 3 is 2.69 bits per heavy atom. The van der Waals surface area contributed by atoms with Crippen molar-refractivity contribution in [3.63, 3.8) is 0 Å². The molecule has 184 valence electrons. The van der Waals surface area contributed by atoms with E-state index in [1.54, 1.807) is 12.3 Å². The van der Waals surface area contributed by atoms with Crippen molar-refractivity contribution in [3.05, 3.63) is 103 Å². The van der Waals surface area contributed by atoms with Crippen molar-refractivity contribution in [3.8, 4) is 0 Å². The molecular weight excluding hydrogens is 604 g/mol. The molecule has 8 heteroatoms. The highest BCUT2D eigenvalue weighted by Crippen LogP contribution is 2.36. The molecule has 5 rings (SSSR count). The fourth-order valence-electron chi connectivity index (χ4n) is 4.62. The molecule has 0 saturated carbocycles. The van der Waals surface area contributed by atoms with Gasteiger partial charge in [0.05, 0.1) is 5.52 Å². The van der Waals surface area contributed by atoms with Crippen LogP contribution in [0.25, 0.3) is 17.0 Å². The monoisotopic (exact) mass is 626 g/mol. The van der Waals surface area contributed by atoms with Gasteiger partial charge in [-0.2, -0.15) is 0 Å². The highest BCUT2D eigenvalue weighted by atomic mass is 79.9. The van der Waals surface area contributed by atoms with Crippen LogP contribution >= 0.6 is 43.5 Å². The summed E-state index contributed by atoms with van der Waals surface area (Å²) in [6, 6.07) is 16.1. The third-order valence-electron chi connectivity index (χ3n) is 6.46. The van der Waals surface area contributed by atoms with Crippen molar-refractivity contribution in [2.24, 2.45) is 0 Å². The Balaban J connectivity index is 1.40. The topological polar surface area (TPSA) is 50.2 Å². The maximum absolute atomic E-state index is 13.4. The van der Waals surface area contributed by atoms with Gasteiger partial charge >= 0.3 is 6.03 Å². The van der Waals surface area contributed by atoms with Crippen LogP contribution in [0.5, 0.6) is 0 Å². The van der Waals surface area contributed by atoms with Crippen molar-refractivity contribution in [1.82, 2.24) is 19.8 Å². The van der Waals surface area contributed by atoms with Gasteiger partial charge in [0, 0.05) is 58.8 Å². The highest BCUT2D eigenvalue weighted by Gasteiger charge is 2.27. The molecule has 1 amide bonds. The normalized spacial score (nSPS) is 13.9. The first kappa shape index (κ1) is 25.2. The van der Waals surface area contributed by atoms with E-state index in [0.29, 0.717) is 11.7 Å². The summed E-state index contributed by atoms with van der Waals surface area (Å²) in [6.07, 6.45) is 6.83. The number of rotatable bonds is 5. The molecule has 0 spiro atoms. The lowest BCUT2D eigenvalue weighted by atomic mass is 10.0. The van der Waals surface area contributed by atoms with Gasteiger partial charge in [-0.05, 0) is 79.7 Å². The molecular formula is C28H25Br2ClN4O. The van der Waals surface area contributed by atoms with E-state index in [-0.39, 0.29) is 6.03 Å². The molecule has 0 bridgehead atoms. The zero-order chi connectivity index (χ0) is 25.2. The summed E-state index contributed by atoms with van der Waals surface area (Å²) in [5, 5.41) is 4.56. The van der Waals surface area contributed by atoms with Crippen LogP contribution in [0, 0.1) is 6.92 Å². The lowest BCUT2D eigenvalue weighted by Gasteiger charge is -2.27. The molecule has 2 aromatic carbocycles. The van der Waals surface area contributed by atoms with Gasteiger partial charge in [-0.25, -0.2) is 9.78 Å². The molecule has 4 aromatic rings. The van der Waals surface area contributed by atoms with E-state index in [1.807, 2.05) is 16.7 Å². The first-order valence-corrected chi connectivity index (χ1v) is 13.7. The lowest BCUT2D eigenvalue weighted by molar-refractivity contribution is 0.240. The number of aryl methyl sites for hydroxylation is 1. The molecule has 0 radical (unpaired) electrons. The highest BCUT2D eigenvalue weighted by molar-refractivity contribution is 9.13. The fourth-order valence-corrected chi connectivity index (χ4v) is 5.49. The van der Waals surface area contributed by atoms with Gasteiger partial charge in [0.25, 0.3) is 0 Å². The van der Waals surface area contributed by atoms with Crippen LogP contribution < -0.4 is 5.32 Å². The second-order valence-corrected chi connectivity index (χ2v) is 11.1. The lowest BCUT2D eigenvalue weighted by Crippen LogP contribution is -2.34. The van der Waals surface area contributed by atoms with Crippen molar-refractivity contribution >= 4 is 66.5 Å². The smallest absolute Gasteiger partial charge is 0.326 e. The molecule has 1 N–H and O–H groups in total. The van der Waals surface area contributed by atoms with Crippen molar-refractivity contribution in [2.45, 2.75) is 26.4 Å². The summed E-state index contributed by atoms with van der Waals surface area (Å²) in [7, 11) is 0. The predicted octanol–water partition coefficient (Wildman–Crippen LogP) is 7.35. The van der Waals surface area contributed by atoms with E-state index in [0.717, 1.165) is 57.2 Å². The molecule has 0 fully saturated rings. The first-order chi connectivity index (χ1) is 17.4. The number of halogens is 3. The van der Waals surface area contributed by atoms with Gasteiger partial charge in [-0.15, -0.1) is 0 Å². The number of fused-ring (bicyclic) bond motifs is 3. The Morgan fingerprint density at radius 2 is 1.92 bits per heavy atom. The molecule has 0 atom stereocenters. The van der Waals surface area contributed by atoms with Crippen LogP contribution in [0.15, 0.2) is 69.7 Å². The minimum absolute atomic E-state index is 0.142. The second kappa shape index (κ2) is 10.9. The minimum atomic E-state index is -0.142. The zero-order valence-electron chi connectivity index (χ0n) is 19.8. The Kier molecular flexibility index (Phi) is 7.62. The Bertz CT molecular complexity index is 1460. The molecule has 0 saturated heterocycles. The van der Waals surface area contributed by atoms with E-state index in [1.165, 1.54) is 16.7 Å². The molecule has 1 aliphatic rings. The predicted molar refractivity (Wildman–Crippen MR) is 153 cm³/mol. The van der Waals surface area contributed by atoms with Gasteiger partial charge in [0.15, 0.2) is 0 Å². The minimum Gasteiger partial charge on any atom is -0.333 e. The number of hydrogen-bond acceptors (Lipinski definition) is 3. The Morgan fingerprint density at radius 1 is 1.14 bits per heavy atom. The van der Waals surface area contributed by atoms with Crippen molar-refractivity contribution in [1.29, 1.82) is 0 Å². The molecule has 3 heterocycles. The molecule has 0 unspecified atom stereocenters. The van der Waals surface area contributed by atoms with E-state index >= 15 is 0 Å². The van der Waals surface area contributed by atoms with E-state index in [9.17, 15) is 4.79 Å². The standard InChI is InChI=1S/C28H25Br2ClN4O/c1-18-4-6-19(7-5-18)3-2-11-34-12-9-25-22(17-34)21-14-23(29)24(30)15-26(21)35(25)28(36)33-16-20-8-10-32-27(31)13-20/h2-8,10,13-15H,9,11-12,16-17H2,1H3,(H,33,36)/b3-2+. The molecule has 36 heavy (non-hydrogen) atoms.